The Labute approximate surface area is 109 Å². The lowest BCUT2D eigenvalue weighted by molar-refractivity contribution is -0.137. The van der Waals surface area contributed by atoms with Crippen molar-refractivity contribution in [1.82, 2.24) is 4.90 Å². The summed E-state index contributed by atoms with van der Waals surface area (Å²) < 4.78 is 0. The molecule has 1 amide bonds. The number of carbonyl (C=O) groups is 2. The monoisotopic (exact) mass is 255 g/mol. The first kappa shape index (κ1) is 15.0. The number of rotatable bonds is 6. The number of amides is 1. The Kier molecular flexibility index (Phi) is 6.16. The summed E-state index contributed by atoms with van der Waals surface area (Å²) in [7, 11) is 0. The molecule has 4 nitrogen and oxygen atoms in total. The van der Waals surface area contributed by atoms with Gasteiger partial charge >= 0.3 is 5.97 Å². The second kappa shape index (κ2) is 7.39. The van der Waals surface area contributed by atoms with E-state index in [-0.39, 0.29) is 12.3 Å². The van der Waals surface area contributed by atoms with Crippen LogP contribution in [0.1, 0.15) is 52.4 Å². The van der Waals surface area contributed by atoms with Gasteiger partial charge in [-0.1, -0.05) is 13.8 Å². The molecule has 0 aromatic rings. The SMILES string of the molecule is CC(C)CCC(=O)N1CCCC(CCC(=O)O)C1. The standard InChI is InChI=1S/C14H25NO3/c1-11(2)5-7-13(16)15-9-3-4-12(10-15)6-8-14(17)18/h11-12H,3-10H2,1-2H3,(H,17,18). The highest BCUT2D eigenvalue weighted by atomic mass is 16.4. The maximum absolute atomic E-state index is 12.0. The van der Waals surface area contributed by atoms with Gasteiger partial charge in [0.05, 0.1) is 0 Å². The molecule has 0 radical (unpaired) electrons. The van der Waals surface area contributed by atoms with Crippen LogP contribution < -0.4 is 0 Å². The summed E-state index contributed by atoms with van der Waals surface area (Å²) in [6.07, 6.45) is 4.55. The van der Waals surface area contributed by atoms with Gasteiger partial charge in [0, 0.05) is 25.9 Å². The molecule has 0 saturated carbocycles. The predicted molar refractivity (Wildman–Crippen MR) is 70.2 cm³/mol. The maximum Gasteiger partial charge on any atom is 0.303 e. The smallest absolute Gasteiger partial charge is 0.303 e. The first-order valence-electron chi connectivity index (χ1n) is 6.98. The van der Waals surface area contributed by atoms with Gasteiger partial charge in [0.2, 0.25) is 5.91 Å². The fraction of sp³-hybridized carbons (Fsp3) is 0.857. The number of hydrogen-bond donors (Lipinski definition) is 1. The number of carboxylic acid groups (broad SMARTS) is 1. The normalized spacial score (nSPS) is 20.2. The Morgan fingerprint density at radius 1 is 1.33 bits per heavy atom. The van der Waals surface area contributed by atoms with Crippen molar-refractivity contribution in [2.75, 3.05) is 13.1 Å². The van der Waals surface area contributed by atoms with Gasteiger partial charge in [0.15, 0.2) is 0 Å². The van der Waals surface area contributed by atoms with Crippen molar-refractivity contribution in [3.8, 4) is 0 Å². The number of hydrogen-bond acceptors (Lipinski definition) is 2. The second-order valence-corrected chi connectivity index (χ2v) is 5.71. The van der Waals surface area contributed by atoms with Crippen LogP contribution in [0.25, 0.3) is 0 Å². The van der Waals surface area contributed by atoms with Crippen LogP contribution in [0.4, 0.5) is 0 Å². The molecule has 104 valence electrons. The van der Waals surface area contributed by atoms with Crippen LogP contribution in [0, 0.1) is 11.8 Å². The quantitative estimate of drug-likeness (QED) is 0.793. The van der Waals surface area contributed by atoms with E-state index in [1.54, 1.807) is 0 Å². The van der Waals surface area contributed by atoms with Crippen LogP contribution in [0.5, 0.6) is 0 Å². The highest BCUT2D eigenvalue weighted by Crippen LogP contribution is 2.22. The molecule has 1 atom stereocenters. The third kappa shape index (κ3) is 5.52. The third-order valence-electron chi connectivity index (χ3n) is 3.57. The minimum Gasteiger partial charge on any atom is -0.481 e. The highest BCUT2D eigenvalue weighted by molar-refractivity contribution is 5.76. The van der Waals surface area contributed by atoms with Gasteiger partial charge in [-0.2, -0.15) is 0 Å². The minimum absolute atomic E-state index is 0.221. The summed E-state index contributed by atoms with van der Waals surface area (Å²) in [6, 6.07) is 0. The molecule has 18 heavy (non-hydrogen) atoms. The Bertz CT molecular complexity index is 289. The molecule has 1 saturated heterocycles. The van der Waals surface area contributed by atoms with Crippen LogP contribution in [-0.2, 0) is 9.59 Å². The summed E-state index contributed by atoms with van der Waals surface area (Å²) in [6.45, 7) is 5.85. The van der Waals surface area contributed by atoms with Crippen LogP contribution in [0.2, 0.25) is 0 Å². The fourth-order valence-corrected chi connectivity index (χ4v) is 2.43. The second-order valence-electron chi connectivity index (χ2n) is 5.71. The third-order valence-corrected chi connectivity index (χ3v) is 3.57. The summed E-state index contributed by atoms with van der Waals surface area (Å²) in [5, 5.41) is 8.68. The van der Waals surface area contributed by atoms with Crippen molar-refractivity contribution in [3.05, 3.63) is 0 Å². The van der Waals surface area contributed by atoms with Crippen molar-refractivity contribution < 1.29 is 14.7 Å². The molecule has 0 bridgehead atoms. The van der Waals surface area contributed by atoms with Gasteiger partial charge in [-0.15, -0.1) is 0 Å². The molecule has 1 unspecified atom stereocenters. The molecule has 1 aliphatic rings. The van der Waals surface area contributed by atoms with E-state index in [1.807, 2.05) is 4.90 Å². The number of carbonyl (C=O) groups excluding carboxylic acids is 1. The van der Waals surface area contributed by atoms with E-state index < -0.39 is 5.97 Å². The highest BCUT2D eigenvalue weighted by Gasteiger charge is 2.23. The van der Waals surface area contributed by atoms with Crippen LogP contribution in [0.15, 0.2) is 0 Å². The van der Waals surface area contributed by atoms with Crippen molar-refractivity contribution in [3.63, 3.8) is 0 Å². The summed E-state index contributed by atoms with van der Waals surface area (Å²) in [4.78, 5) is 24.5. The molecule has 1 fully saturated rings. The van der Waals surface area contributed by atoms with Crippen LogP contribution in [-0.4, -0.2) is 35.0 Å². The number of piperidine rings is 1. The molecule has 0 aliphatic carbocycles. The van der Waals surface area contributed by atoms with Crippen molar-refractivity contribution >= 4 is 11.9 Å². The molecule has 1 aliphatic heterocycles. The predicted octanol–water partition coefficient (Wildman–Crippen LogP) is 2.53. The molecule has 0 spiro atoms. The molecule has 0 aromatic heterocycles. The lowest BCUT2D eigenvalue weighted by Gasteiger charge is -2.33. The Morgan fingerprint density at radius 3 is 2.67 bits per heavy atom. The lowest BCUT2D eigenvalue weighted by Crippen LogP contribution is -2.40. The molecule has 1 N–H and O–H groups in total. The zero-order valence-corrected chi connectivity index (χ0v) is 11.5. The zero-order valence-electron chi connectivity index (χ0n) is 11.5. The van der Waals surface area contributed by atoms with Gasteiger partial charge < -0.3 is 10.0 Å². The molecule has 1 rings (SSSR count). The van der Waals surface area contributed by atoms with Gasteiger partial charge in [-0.05, 0) is 37.5 Å². The molecular formula is C14H25NO3. The molecular weight excluding hydrogens is 230 g/mol. The first-order chi connectivity index (χ1) is 8.49. The Balaban J connectivity index is 2.33. The molecule has 0 aromatic carbocycles. The number of likely N-dealkylation sites (tertiary alicyclic amines) is 1. The Morgan fingerprint density at radius 2 is 2.06 bits per heavy atom. The molecule has 4 heteroatoms. The number of carboxylic acids is 1. The lowest BCUT2D eigenvalue weighted by atomic mass is 9.93. The van der Waals surface area contributed by atoms with Gasteiger partial charge in [-0.25, -0.2) is 0 Å². The van der Waals surface area contributed by atoms with E-state index in [0.717, 1.165) is 32.4 Å². The maximum atomic E-state index is 12.0. The van der Waals surface area contributed by atoms with Gasteiger partial charge in [0.1, 0.15) is 0 Å². The summed E-state index contributed by atoms with van der Waals surface area (Å²) in [5.74, 6) is 0.432. The number of aliphatic carboxylic acids is 1. The van der Waals surface area contributed by atoms with E-state index >= 15 is 0 Å². The van der Waals surface area contributed by atoms with E-state index in [1.165, 1.54) is 0 Å². The van der Waals surface area contributed by atoms with Crippen LogP contribution in [0.3, 0.4) is 0 Å². The summed E-state index contributed by atoms with van der Waals surface area (Å²) in [5.41, 5.74) is 0. The first-order valence-corrected chi connectivity index (χ1v) is 6.98. The van der Waals surface area contributed by atoms with Crippen molar-refractivity contribution in [1.29, 1.82) is 0 Å². The number of nitrogens with zero attached hydrogens (tertiary/aromatic N) is 1. The van der Waals surface area contributed by atoms with E-state index in [9.17, 15) is 9.59 Å². The topological polar surface area (TPSA) is 57.6 Å². The van der Waals surface area contributed by atoms with E-state index in [2.05, 4.69) is 13.8 Å². The van der Waals surface area contributed by atoms with Crippen molar-refractivity contribution in [2.24, 2.45) is 11.8 Å². The van der Waals surface area contributed by atoms with E-state index in [0.29, 0.717) is 24.7 Å². The van der Waals surface area contributed by atoms with Crippen LogP contribution >= 0.6 is 0 Å². The van der Waals surface area contributed by atoms with Gasteiger partial charge in [0.25, 0.3) is 0 Å². The summed E-state index contributed by atoms with van der Waals surface area (Å²) >= 11 is 0. The largest absolute Gasteiger partial charge is 0.481 e. The van der Waals surface area contributed by atoms with E-state index in [4.69, 9.17) is 5.11 Å². The Hall–Kier alpha value is -1.06. The van der Waals surface area contributed by atoms with Gasteiger partial charge in [-0.3, -0.25) is 9.59 Å². The van der Waals surface area contributed by atoms with Crippen molar-refractivity contribution in [2.45, 2.75) is 52.4 Å². The molecule has 1 heterocycles. The zero-order chi connectivity index (χ0) is 13.5. The average molecular weight is 255 g/mol. The minimum atomic E-state index is -0.738. The average Bonchev–Trinajstić information content (AvgIpc) is 2.33. The fourth-order valence-electron chi connectivity index (χ4n) is 2.43.